The quantitative estimate of drug-likeness (QED) is 0.731. The lowest BCUT2D eigenvalue weighted by Gasteiger charge is -2.45. The molecule has 100 valence electrons. The maximum absolute atomic E-state index is 11.2. The molecule has 0 amide bonds. The summed E-state index contributed by atoms with van der Waals surface area (Å²) < 4.78 is 28.3. The Kier molecular flexibility index (Phi) is 4.06. The predicted molar refractivity (Wildman–Crippen MR) is 68.7 cm³/mol. The van der Waals surface area contributed by atoms with Crippen LogP contribution in [-0.4, -0.2) is 26.4 Å². The highest BCUT2D eigenvalue weighted by Crippen LogP contribution is 2.43. The van der Waals surface area contributed by atoms with Crippen LogP contribution < -0.4 is 0 Å². The molecule has 1 saturated carbocycles. The third-order valence-electron chi connectivity index (χ3n) is 4.08. The van der Waals surface area contributed by atoms with E-state index in [1.165, 1.54) is 12.8 Å². The summed E-state index contributed by atoms with van der Waals surface area (Å²) in [5.74, 6) is 0.972. The number of hydrogen-bond acceptors (Lipinski definition) is 3. The van der Waals surface area contributed by atoms with Crippen LogP contribution in [0.25, 0.3) is 0 Å². The molecule has 2 fully saturated rings. The van der Waals surface area contributed by atoms with Gasteiger partial charge in [0.2, 0.25) is 9.05 Å². The van der Waals surface area contributed by atoms with Crippen molar-refractivity contribution in [2.45, 2.75) is 51.0 Å². The lowest BCUT2D eigenvalue weighted by atomic mass is 9.73. The largest absolute Gasteiger partial charge is 0.375 e. The maximum atomic E-state index is 11.2. The van der Waals surface area contributed by atoms with Gasteiger partial charge < -0.3 is 4.74 Å². The van der Waals surface area contributed by atoms with Gasteiger partial charge in [-0.15, -0.1) is 0 Å². The normalized spacial score (nSPS) is 39.4. The minimum absolute atomic E-state index is 0.0534. The number of halogens is 1. The van der Waals surface area contributed by atoms with Crippen LogP contribution in [-0.2, 0) is 13.8 Å². The molecule has 0 N–H and O–H groups in total. The first kappa shape index (κ1) is 13.6. The van der Waals surface area contributed by atoms with E-state index in [9.17, 15) is 8.42 Å². The second kappa shape index (κ2) is 5.06. The van der Waals surface area contributed by atoms with Crippen molar-refractivity contribution < 1.29 is 13.2 Å². The summed E-state index contributed by atoms with van der Waals surface area (Å²) in [4.78, 5) is 0. The van der Waals surface area contributed by atoms with E-state index < -0.39 is 9.05 Å². The van der Waals surface area contributed by atoms with Crippen molar-refractivity contribution in [3.63, 3.8) is 0 Å². The Bertz CT molecular complexity index is 364. The molecule has 3 unspecified atom stereocenters. The van der Waals surface area contributed by atoms with Gasteiger partial charge in [0.1, 0.15) is 0 Å². The first-order valence-electron chi connectivity index (χ1n) is 6.45. The highest BCUT2D eigenvalue weighted by atomic mass is 35.7. The fourth-order valence-electron chi connectivity index (χ4n) is 3.48. The Morgan fingerprint density at radius 3 is 2.76 bits per heavy atom. The molecule has 3 atom stereocenters. The van der Waals surface area contributed by atoms with Crippen molar-refractivity contribution in [2.24, 2.45) is 11.8 Å². The topological polar surface area (TPSA) is 43.4 Å². The Balaban J connectivity index is 2.01. The van der Waals surface area contributed by atoms with Crippen LogP contribution in [0.3, 0.4) is 0 Å². The summed E-state index contributed by atoms with van der Waals surface area (Å²) in [7, 11) is 1.98. The number of ether oxygens (including phenoxy) is 1. The van der Waals surface area contributed by atoms with Gasteiger partial charge in [-0.25, -0.2) is 8.42 Å². The van der Waals surface area contributed by atoms with Gasteiger partial charge in [-0.1, -0.05) is 19.8 Å². The van der Waals surface area contributed by atoms with Gasteiger partial charge in [0.15, 0.2) is 0 Å². The minimum Gasteiger partial charge on any atom is -0.375 e. The Morgan fingerprint density at radius 2 is 2.12 bits per heavy atom. The molecule has 1 spiro atoms. The standard InChI is InChI=1S/C12H21ClO3S/c1-10-3-2-5-12(7-10)8-11(4-6-16-12)9-17(13,14)15/h10-11H,2-9H2,1H3. The summed E-state index contributed by atoms with van der Waals surface area (Å²) in [6, 6.07) is 0. The summed E-state index contributed by atoms with van der Waals surface area (Å²) in [6.07, 6.45) is 6.30. The number of rotatable bonds is 2. The van der Waals surface area contributed by atoms with E-state index in [0.29, 0.717) is 12.5 Å². The fourth-order valence-corrected chi connectivity index (χ4v) is 4.86. The van der Waals surface area contributed by atoms with Crippen LogP contribution in [0.1, 0.15) is 45.4 Å². The zero-order valence-electron chi connectivity index (χ0n) is 10.3. The zero-order chi connectivity index (χ0) is 12.5. The molecule has 1 aliphatic carbocycles. The van der Waals surface area contributed by atoms with Gasteiger partial charge in [-0.3, -0.25) is 0 Å². The molecule has 3 nitrogen and oxygen atoms in total. The first-order valence-corrected chi connectivity index (χ1v) is 8.93. The fraction of sp³-hybridized carbons (Fsp3) is 1.00. The third-order valence-corrected chi connectivity index (χ3v) is 5.33. The maximum Gasteiger partial charge on any atom is 0.232 e. The molecule has 0 bridgehead atoms. The van der Waals surface area contributed by atoms with E-state index in [0.717, 1.165) is 25.7 Å². The molecule has 1 aliphatic heterocycles. The van der Waals surface area contributed by atoms with E-state index in [2.05, 4.69) is 6.92 Å². The van der Waals surface area contributed by atoms with Gasteiger partial charge in [-0.2, -0.15) is 0 Å². The van der Waals surface area contributed by atoms with Crippen LogP contribution in [0.2, 0.25) is 0 Å². The summed E-state index contributed by atoms with van der Waals surface area (Å²) in [5.41, 5.74) is -0.0534. The molecule has 0 radical (unpaired) electrons. The zero-order valence-corrected chi connectivity index (χ0v) is 11.9. The predicted octanol–water partition coefficient (Wildman–Crippen LogP) is 2.93. The minimum atomic E-state index is -3.38. The van der Waals surface area contributed by atoms with E-state index in [1.807, 2.05) is 0 Å². The highest BCUT2D eigenvalue weighted by Gasteiger charge is 2.41. The number of hydrogen-bond donors (Lipinski definition) is 0. The molecule has 2 rings (SSSR count). The molecule has 1 heterocycles. The molecular weight excluding hydrogens is 260 g/mol. The van der Waals surface area contributed by atoms with Crippen molar-refractivity contribution >= 4 is 19.7 Å². The van der Waals surface area contributed by atoms with Gasteiger partial charge in [0.25, 0.3) is 0 Å². The van der Waals surface area contributed by atoms with E-state index in [-0.39, 0.29) is 17.3 Å². The van der Waals surface area contributed by atoms with Crippen molar-refractivity contribution in [3.05, 3.63) is 0 Å². The van der Waals surface area contributed by atoms with Crippen LogP contribution >= 0.6 is 10.7 Å². The molecule has 1 saturated heterocycles. The monoisotopic (exact) mass is 280 g/mol. The summed E-state index contributed by atoms with van der Waals surface area (Å²) in [5, 5.41) is 0. The Labute approximate surface area is 108 Å². The molecular formula is C12H21ClO3S. The lowest BCUT2D eigenvalue weighted by molar-refractivity contribution is -0.123. The lowest BCUT2D eigenvalue weighted by Crippen LogP contribution is -2.44. The average molecular weight is 281 g/mol. The molecule has 0 aromatic carbocycles. The Morgan fingerprint density at radius 1 is 1.35 bits per heavy atom. The van der Waals surface area contributed by atoms with E-state index in [4.69, 9.17) is 15.4 Å². The Hall–Kier alpha value is 0.200. The van der Waals surface area contributed by atoms with Crippen LogP contribution in [0.5, 0.6) is 0 Å². The van der Waals surface area contributed by atoms with Gasteiger partial charge >= 0.3 is 0 Å². The van der Waals surface area contributed by atoms with Crippen molar-refractivity contribution in [1.29, 1.82) is 0 Å². The molecule has 2 aliphatic rings. The molecule has 0 aromatic rings. The van der Waals surface area contributed by atoms with Crippen molar-refractivity contribution in [2.75, 3.05) is 12.4 Å². The highest BCUT2D eigenvalue weighted by molar-refractivity contribution is 8.13. The van der Waals surface area contributed by atoms with Crippen molar-refractivity contribution in [1.82, 2.24) is 0 Å². The molecule has 0 aromatic heterocycles. The second-order valence-electron chi connectivity index (χ2n) is 5.80. The van der Waals surface area contributed by atoms with E-state index in [1.54, 1.807) is 0 Å². The van der Waals surface area contributed by atoms with E-state index >= 15 is 0 Å². The van der Waals surface area contributed by atoms with Crippen LogP contribution in [0.15, 0.2) is 0 Å². The van der Waals surface area contributed by atoms with Crippen molar-refractivity contribution in [3.8, 4) is 0 Å². The molecule has 17 heavy (non-hydrogen) atoms. The first-order chi connectivity index (χ1) is 7.89. The smallest absolute Gasteiger partial charge is 0.232 e. The SMILES string of the molecule is CC1CCCC2(C1)CC(CS(=O)(=O)Cl)CCO2. The van der Waals surface area contributed by atoms with Gasteiger partial charge in [0.05, 0.1) is 11.4 Å². The molecule has 5 heteroatoms. The third kappa shape index (κ3) is 3.83. The second-order valence-corrected chi connectivity index (χ2v) is 8.62. The average Bonchev–Trinajstić information content (AvgIpc) is 2.14. The van der Waals surface area contributed by atoms with Gasteiger partial charge in [0, 0.05) is 17.3 Å². The summed E-state index contributed by atoms with van der Waals surface area (Å²) in [6.45, 7) is 2.94. The van der Waals surface area contributed by atoms with Crippen LogP contribution in [0, 0.1) is 11.8 Å². The summed E-state index contributed by atoms with van der Waals surface area (Å²) >= 11 is 0. The van der Waals surface area contributed by atoms with Gasteiger partial charge in [-0.05, 0) is 37.5 Å². The van der Waals surface area contributed by atoms with Crippen LogP contribution in [0.4, 0.5) is 0 Å².